The Balaban J connectivity index is 2.22. The first kappa shape index (κ1) is 15.3. The summed E-state index contributed by atoms with van der Waals surface area (Å²) >= 11 is 3.40. The van der Waals surface area contributed by atoms with Crippen molar-refractivity contribution in [2.75, 3.05) is 7.11 Å². The van der Waals surface area contributed by atoms with Crippen molar-refractivity contribution in [3.63, 3.8) is 0 Å². The van der Waals surface area contributed by atoms with E-state index in [1.807, 2.05) is 25.1 Å². The fraction of sp³-hybridized carbons (Fsp3) is 0.200. The van der Waals surface area contributed by atoms with E-state index in [1.165, 1.54) is 12.1 Å². The molecule has 2 rings (SSSR count). The molecule has 0 aliphatic heterocycles. The van der Waals surface area contributed by atoms with Crippen LogP contribution in [0.25, 0.3) is 0 Å². The van der Waals surface area contributed by atoms with Gasteiger partial charge in [-0.1, -0.05) is 15.9 Å². The molecule has 110 valence electrons. The van der Waals surface area contributed by atoms with Gasteiger partial charge in [0.15, 0.2) is 0 Å². The van der Waals surface area contributed by atoms with Crippen molar-refractivity contribution in [2.45, 2.75) is 13.5 Å². The van der Waals surface area contributed by atoms with Crippen molar-refractivity contribution in [1.29, 1.82) is 0 Å². The number of methoxy groups -OCH3 is 1. The first-order valence-electron chi connectivity index (χ1n) is 6.21. The van der Waals surface area contributed by atoms with Gasteiger partial charge in [0.05, 0.1) is 18.1 Å². The lowest BCUT2D eigenvalue weighted by Gasteiger charge is -2.12. The Morgan fingerprint density at radius 1 is 1.19 bits per heavy atom. The van der Waals surface area contributed by atoms with Gasteiger partial charge in [0.2, 0.25) is 0 Å². The number of benzene rings is 2. The second kappa shape index (κ2) is 6.58. The van der Waals surface area contributed by atoms with Crippen molar-refractivity contribution in [3.05, 3.63) is 62.1 Å². The third-order valence-corrected chi connectivity index (χ3v) is 3.50. The summed E-state index contributed by atoms with van der Waals surface area (Å²) in [6.45, 7) is 2.11. The van der Waals surface area contributed by atoms with E-state index in [9.17, 15) is 10.1 Å². The molecule has 0 spiro atoms. The molecule has 6 heteroatoms. The second-order valence-electron chi connectivity index (χ2n) is 4.45. The Morgan fingerprint density at radius 2 is 1.95 bits per heavy atom. The minimum absolute atomic E-state index is 0.0109. The highest BCUT2D eigenvalue weighted by atomic mass is 79.9. The Morgan fingerprint density at radius 3 is 2.62 bits per heavy atom. The molecule has 0 amide bonds. The SMILES string of the molecule is COc1ccc(Br)cc1COc1cc([N+](=O)[O-])ccc1C. The van der Waals surface area contributed by atoms with Gasteiger partial charge in [-0.3, -0.25) is 10.1 Å². The van der Waals surface area contributed by atoms with Crippen LogP contribution in [0.4, 0.5) is 5.69 Å². The normalized spacial score (nSPS) is 10.2. The zero-order valence-corrected chi connectivity index (χ0v) is 13.2. The zero-order valence-electron chi connectivity index (χ0n) is 11.6. The van der Waals surface area contributed by atoms with Crippen molar-refractivity contribution in [2.24, 2.45) is 0 Å². The van der Waals surface area contributed by atoms with Crippen LogP contribution in [0.2, 0.25) is 0 Å². The quantitative estimate of drug-likeness (QED) is 0.596. The third-order valence-electron chi connectivity index (χ3n) is 3.01. The minimum Gasteiger partial charge on any atom is -0.496 e. The number of rotatable bonds is 5. The molecule has 2 aromatic carbocycles. The number of non-ortho nitro benzene ring substituents is 1. The molecule has 0 radical (unpaired) electrons. The number of ether oxygens (including phenoxy) is 2. The monoisotopic (exact) mass is 351 g/mol. The molecule has 0 aliphatic rings. The minimum atomic E-state index is -0.439. The van der Waals surface area contributed by atoms with Gasteiger partial charge in [-0.15, -0.1) is 0 Å². The zero-order chi connectivity index (χ0) is 15.4. The maximum Gasteiger partial charge on any atom is 0.273 e. The maximum atomic E-state index is 10.8. The summed E-state index contributed by atoms with van der Waals surface area (Å²) in [7, 11) is 1.59. The lowest BCUT2D eigenvalue weighted by Crippen LogP contribution is -2.00. The van der Waals surface area contributed by atoms with Gasteiger partial charge in [0.25, 0.3) is 5.69 Å². The predicted octanol–water partition coefficient (Wildman–Crippen LogP) is 4.25. The van der Waals surface area contributed by atoms with E-state index < -0.39 is 4.92 Å². The van der Waals surface area contributed by atoms with Crippen molar-refractivity contribution >= 4 is 21.6 Å². The molecule has 0 atom stereocenters. The van der Waals surface area contributed by atoms with Crippen LogP contribution in [0, 0.1) is 17.0 Å². The van der Waals surface area contributed by atoms with Gasteiger partial charge in [-0.2, -0.15) is 0 Å². The van der Waals surface area contributed by atoms with Crippen molar-refractivity contribution in [3.8, 4) is 11.5 Å². The lowest BCUT2D eigenvalue weighted by molar-refractivity contribution is -0.385. The number of hydrogen-bond donors (Lipinski definition) is 0. The number of nitro benzene ring substituents is 1. The summed E-state index contributed by atoms with van der Waals surface area (Å²) in [6.07, 6.45) is 0. The van der Waals surface area contributed by atoms with E-state index in [1.54, 1.807) is 13.2 Å². The summed E-state index contributed by atoms with van der Waals surface area (Å²) < 4.78 is 11.9. The Bertz CT molecular complexity index is 673. The maximum absolute atomic E-state index is 10.8. The number of hydrogen-bond acceptors (Lipinski definition) is 4. The molecule has 5 nitrogen and oxygen atoms in total. The Kier molecular flexibility index (Phi) is 4.80. The first-order chi connectivity index (χ1) is 10.0. The van der Waals surface area contributed by atoms with Gasteiger partial charge >= 0.3 is 0 Å². The predicted molar refractivity (Wildman–Crippen MR) is 82.9 cm³/mol. The van der Waals surface area contributed by atoms with E-state index in [0.29, 0.717) is 11.5 Å². The molecular formula is C15H14BrNO4. The van der Waals surface area contributed by atoms with E-state index >= 15 is 0 Å². The Hall–Kier alpha value is -2.08. The van der Waals surface area contributed by atoms with Crippen LogP contribution in [0.3, 0.4) is 0 Å². The van der Waals surface area contributed by atoms with Crippen LogP contribution < -0.4 is 9.47 Å². The molecule has 0 heterocycles. The molecule has 0 fully saturated rings. The molecule has 0 saturated heterocycles. The fourth-order valence-electron chi connectivity index (χ4n) is 1.87. The molecule has 0 unspecified atom stereocenters. The van der Waals surface area contributed by atoms with E-state index in [-0.39, 0.29) is 12.3 Å². The van der Waals surface area contributed by atoms with Crippen LogP contribution in [0.5, 0.6) is 11.5 Å². The first-order valence-corrected chi connectivity index (χ1v) is 7.01. The molecule has 0 saturated carbocycles. The molecule has 0 N–H and O–H groups in total. The topological polar surface area (TPSA) is 61.6 Å². The Labute approximate surface area is 130 Å². The fourth-order valence-corrected chi connectivity index (χ4v) is 2.28. The van der Waals surface area contributed by atoms with Crippen LogP contribution in [0.15, 0.2) is 40.9 Å². The van der Waals surface area contributed by atoms with Gasteiger partial charge in [-0.05, 0) is 36.8 Å². The number of halogens is 1. The van der Waals surface area contributed by atoms with Gasteiger partial charge in [0, 0.05) is 16.1 Å². The number of nitrogens with zero attached hydrogens (tertiary/aromatic N) is 1. The van der Waals surface area contributed by atoms with Gasteiger partial charge in [0.1, 0.15) is 18.1 Å². The largest absolute Gasteiger partial charge is 0.496 e. The molecule has 21 heavy (non-hydrogen) atoms. The average molecular weight is 352 g/mol. The summed E-state index contributed by atoms with van der Waals surface area (Å²) in [5.74, 6) is 1.20. The van der Waals surface area contributed by atoms with E-state index in [2.05, 4.69) is 15.9 Å². The van der Waals surface area contributed by atoms with Crippen LogP contribution in [-0.4, -0.2) is 12.0 Å². The van der Waals surface area contributed by atoms with E-state index in [0.717, 1.165) is 15.6 Å². The lowest BCUT2D eigenvalue weighted by atomic mass is 10.2. The van der Waals surface area contributed by atoms with Crippen molar-refractivity contribution < 1.29 is 14.4 Å². The van der Waals surface area contributed by atoms with Gasteiger partial charge < -0.3 is 9.47 Å². The number of aryl methyl sites for hydroxylation is 1. The molecule has 0 aliphatic carbocycles. The highest BCUT2D eigenvalue weighted by Crippen LogP contribution is 2.28. The van der Waals surface area contributed by atoms with Crippen LogP contribution in [0.1, 0.15) is 11.1 Å². The highest BCUT2D eigenvalue weighted by molar-refractivity contribution is 9.10. The molecular weight excluding hydrogens is 338 g/mol. The summed E-state index contributed by atoms with van der Waals surface area (Å²) in [4.78, 5) is 10.4. The molecule has 0 bridgehead atoms. The average Bonchev–Trinajstić information content (AvgIpc) is 2.46. The second-order valence-corrected chi connectivity index (χ2v) is 5.37. The molecule has 0 aromatic heterocycles. The standard InChI is InChI=1S/C15H14BrNO4/c1-10-3-5-13(17(18)19)8-15(10)21-9-11-7-12(16)4-6-14(11)20-2/h3-8H,9H2,1-2H3. The highest BCUT2D eigenvalue weighted by Gasteiger charge is 2.11. The number of nitro groups is 1. The van der Waals surface area contributed by atoms with Crippen LogP contribution in [-0.2, 0) is 6.61 Å². The van der Waals surface area contributed by atoms with Crippen molar-refractivity contribution in [1.82, 2.24) is 0 Å². The third kappa shape index (κ3) is 3.72. The summed E-state index contributed by atoms with van der Waals surface area (Å²) in [6, 6.07) is 10.2. The van der Waals surface area contributed by atoms with Crippen LogP contribution >= 0.6 is 15.9 Å². The van der Waals surface area contributed by atoms with E-state index in [4.69, 9.17) is 9.47 Å². The molecule has 2 aromatic rings. The smallest absolute Gasteiger partial charge is 0.273 e. The summed E-state index contributed by atoms with van der Waals surface area (Å²) in [5.41, 5.74) is 1.71. The summed E-state index contributed by atoms with van der Waals surface area (Å²) in [5, 5.41) is 10.8. The van der Waals surface area contributed by atoms with Gasteiger partial charge in [-0.25, -0.2) is 0 Å².